The molecule has 1 N–H and O–H groups in total. The zero-order valence-corrected chi connectivity index (χ0v) is 23.9. The molecule has 0 aromatic carbocycles. The average molecular weight is 537 g/mol. The molecule has 2 amide bonds. The summed E-state index contributed by atoms with van der Waals surface area (Å²) < 4.78 is 4.48. The van der Waals surface area contributed by atoms with E-state index in [-0.39, 0.29) is 17.9 Å². The monoisotopic (exact) mass is 536 g/mol. The van der Waals surface area contributed by atoms with Crippen molar-refractivity contribution in [1.82, 2.24) is 10.2 Å². The highest BCUT2D eigenvalue weighted by Crippen LogP contribution is 2.18. The zero-order valence-electron chi connectivity index (χ0n) is 23.9. The summed E-state index contributed by atoms with van der Waals surface area (Å²) in [5, 5.41) is 2.78. The predicted molar refractivity (Wildman–Crippen MR) is 161 cm³/mol. The number of carbonyl (C=O) groups excluding carboxylic acids is 3. The van der Waals surface area contributed by atoms with Gasteiger partial charge in [0.2, 0.25) is 11.8 Å². The van der Waals surface area contributed by atoms with E-state index in [2.05, 4.69) is 89.9 Å². The molecule has 0 radical (unpaired) electrons. The fourth-order valence-corrected chi connectivity index (χ4v) is 4.02. The summed E-state index contributed by atoms with van der Waals surface area (Å²) in [5.41, 5.74) is 0. The van der Waals surface area contributed by atoms with Crippen LogP contribution in [0.3, 0.4) is 0 Å². The second-order valence-electron chi connectivity index (χ2n) is 9.29. The average Bonchev–Trinajstić information content (AvgIpc) is 2.95. The Morgan fingerprint density at radius 1 is 0.769 bits per heavy atom. The fraction of sp³-hybridized carbons (Fsp3) is 0.485. The van der Waals surface area contributed by atoms with Gasteiger partial charge in [0.05, 0.1) is 7.11 Å². The van der Waals surface area contributed by atoms with E-state index < -0.39 is 5.97 Å². The third kappa shape index (κ3) is 18.5. The molecule has 1 aliphatic rings. The molecule has 6 heteroatoms. The van der Waals surface area contributed by atoms with Crippen LogP contribution in [0.25, 0.3) is 0 Å². The van der Waals surface area contributed by atoms with Gasteiger partial charge in [-0.1, -0.05) is 79.8 Å². The van der Waals surface area contributed by atoms with Gasteiger partial charge >= 0.3 is 5.97 Å². The molecule has 0 bridgehead atoms. The lowest BCUT2D eigenvalue weighted by Crippen LogP contribution is -2.49. The van der Waals surface area contributed by atoms with Crippen molar-refractivity contribution < 1.29 is 19.1 Å². The first kappa shape index (κ1) is 33.6. The first-order chi connectivity index (χ1) is 19.1. The number of hydrogen-bond acceptors (Lipinski definition) is 4. The molecule has 0 spiro atoms. The zero-order chi connectivity index (χ0) is 28.4. The van der Waals surface area contributed by atoms with Crippen LogP contribution in [0.1, 0.15) is 77.6 Å². The minimum atomic E-state index is -0.575. The summed E-state index contributed by atoms with van der Waals surface area (Å²) in [6, 6.07) is -0.00741. The van der Waals surface area contributed by atoms with Gasteiger partial charge in [0.25, 0.3) is 0 Å². The van der Waals surface area contributed by atoms with Gasteiger partial charge in [0.1, 0.15) is 0 Å². The summed E-state index contributed by atoms with van der Waals surface area (Å²) in [6.07, 6.45) is 38.2. The van der Waals surface area contributed by atoms with Crippen LogP contribution < -0.4 is 5.32 Å². The fourth-order valence-electron chi connectivity index (χ4n) is 4.02. The summed E-state index contributed by atoms with van der Waals surface area (Å²) in [7, 11) is 1.26. The van der Waals surface area contributed by atoms with E-state index in [9.17, 15) is 14.4 Å². The Balaban J connectivity index is 2.19. The van der Waals surface area contributed by atoms with E-state index in [1.165, 1.54) is 7.11 Å². The summed E-state index contributed by atoms with van der Waals surface area (Å²) in [4.78, 5) is 37.7. The maximum atomic E-state index is 12.8. The molecule has 39 heavy (non-hydrogen) atoms. The number of nitrogens with zero attached hydrogens (tertiary/aromatic N) is 1. The number of hydrogen-bond donors (Lipinski definition) is 1. The van der Waals surface area contributed by atoms with E-state index in [0.717, 1.165) is 76.5 Å². The van der Waals surface area contributed by atoms with Crippen molar-refractivity contribution in [3.63, 3.8) is 0 Å². The van der Waals surface area contributed by atoms with Crippen molar-refractivity contribution in [2.75, 3.05) is 20.2 Å². The SMILES string of the molecule is CCC=CCC=CCC=CCC=CCC=CCC=CCCC(=O)N1CCCCC1CNC(=O)C=CC(=O)OC. The van der Waals surface area contributed by atoms with Crippen LogP contribution in [0.2, 0.25) is 0 Å². The number of ether oxygens (including phenoxy) is 1. The van der Waals surface area contributed by atoms with Crippen LogP contribution in [-0.2, 0) is 19.1 Å². The molecule has 1 heterocycles. The Hall–Kier alpha value is -3.41. The number of rotatable bonds is 18. The smallest absolute Gasteiger partial charge is 0.330 e. The van der Waals surface area contributed by atoms with Crippen LogP contribution in [0.15, 0.2) is 85.1 Å². The standard InChI is InChI=1S/C33H48N2O4/c1-3-4-5-6-7-8-9-10-11-12-13-14-15-16-17-18-19-20-21-25-32(37)35-28-23-22-24-30(35)29-34-31(36)26-27-33(38)39-2/h4-5,7-8,10-11,13-14,16-17,19-20,26-27,30H,3,6,9,12,15,18,21-25,28-29H2,1-2H3,(H,34,36). The van der Waals surface area contributed by atoms with Gasteiger partial charge in [0, 0.05) is 37.7 Å². The molecule has 0 aromatic heterocycles. The lowest BCUT2D eigenvalue weighted by atomic mass is 10.0. The summed E-state index contributed by atoms with van der Waals surface area (Å²) in [5.74, 6) is -0.816. The Morgan fingerprint density at radius 2 is 1.31 bits per heavy atom. The molecule has 1 rings (SSSR count). The Morgan fingerprint density at radius 3 is 1.85 bits per heavy atom. The molecule has 0 aromatic rings. The second kappa shape index (κ2) is 23.7. The van der Waals surface area contributed by atoms with Gasteiger partial charge in [-0.15, -0.1) is 0 Å². The molecule has 1 fully saturated rings. The van der Waals surface area contributed by atoms with E-state index in [1.54, 1.807) is 0 Å². The Bertz CT molecular complexity index is 909. The maximum Gasteiger partial charge on any atom is 0.330 e. The second-order valence-corrected chi connectivity index (χ2v) is 9.29. The van der Waals surface area contributed by atoms with Crippen molar-refractivity contribution in [2.24, 2.45) is 0 Å². The molecule has 1 unspecified atom stereocenters. The number of likely N-dealkylation sites (tertiary alicyclic amines) is 1. The molecular formula is C33H48N2O4. The van der Waals surface area contributed by atoms with Crippen molar-refractivity contribution in [1.29, 1.82) is 0 Å². The first-order valence-electron chi connectivity index (χ1n) is 14.3. The van der Waals surface area contributed by atoms with Crippen molar-refractivity contribution in [2.45, 2.75) is 83.6 Å². The number of allylic oxidation sites excluding steroid dienone is 12. The molecule has 214 valence electrons. The van der Waals surface area contributed by atoms with Crippen molar-refractivity contribution >= 4 is 17.8 Å². The predicted octanol–water partition coefficient (Wildman–Crippen LogP) is 6.69. The van der Waals surface area contributed by atoms with Crippen LogP contribution in [0, 0.1) is 0 Å². The minimum absolute atomic E-state index is 0.00741. The molecule has 0 saturated carbocycles. The molecule has 6 nitrogen and oxygen atoms in total. The topological polar surface area (TPSA) is 75.7 Å². The number of carbonyl (C=O) groups is 3. The van der Waals surface area contributed by atoms with Crippen molar-refractivity contribution in [3.05, 3.63) is 85.1 Å². The maximum absolute atomic E-state index is 12.8. The van der Waals surface area contributed by atoms with Gasteiger partial charge < -0.3 is 15.0 Å². The van der Waals surface area contributed by atoms with Gasteiger partial charge in [0.15, 0.2) is 0 Å². The highest BCUT2D eigenvalue weighted by molar-refractivity contribution is 5.94. The highest BCUT2D eigenvalue weighted by Gasteiger charge is 2.26. The number of esters is 1. The Kier molecular flexibility index (Phi) is 20.4. The van der Waals surface area contributed by atoms with E-state index in [1.807, 2.05) is 4.90 Å². The lowest BCUT2D eigenvalue weighted by Gasteiger charge is -2.36. The van der Waals surface area contributed by atoms with E-state index >= 15 is 0 Å². The number of piperidine rings is 1. The third-order valence-corrected chi connectivity index (χ3v) is 6.15. The van der Waals surface area contributed by atoms with Crippen molar-refractivity contribution in [3.8, 4) is 0 Å². The first-order valence-corrected chi connectivity index (χ1v) is 14.3. The molecule has 1 atom stereocenters. The van der Waals surface area contributed by atoms with Gasteiger partial charge in [-0.3, -0.25) is 9.59 Å². The quantitative estimate of drug-likeness (QED) is 0.120. The van der Waals surface area contributed by atoms with Gasteiger partial charge in [-0.25, -0.2) is 4.79 Å². The molecule has 0 aliphatic carbocycles. The third-order valence-electron chi connectivity index (χ3n) is 6.15. The van der Waals surface area contributed by atoms with Crippen LogP contribution in [0.4, 0.5) is 0 Å². The van der Waals surface area contributed by atoms with Gasteiger partial charge in [-0.05, 0) is 64.2 Å². The van der Waals surface area contributed by atoms with Crippen LogP contribution >= 0.6 is 0 Å². The number of amides is 2. The molecular weight excluding hydrogens is 488 g/mol. The minimum Gasteiger partial charge on any atom is -0.466 e. The number of nitrogens with one attached hydrogen (secondary N) is 1. The normalized spacial score (nSPS) is 16.8. The van der Waals surface area contributed by atoms with Crippen LogP contribution in [0.5, 0.6) is 0 Å². The number of methoxy groups -OCH3 is 1. The van der Waals surface area contributed by atoms with E-state index in [4.69, 9.17) is 0 Å². The van der Waals surface area contributed by atoms with Crippen LogP contribution in [-0.4, -0.2) is 48.9 Å². The van der Waals surface area contributed by atoms with Gasteiger partial charge in [-0.2, -0.15) is 0 Å². The Labute approximate surface area is 235 Å². The van der Waals surface area contributed by atoms with E-state index in [0.29, 0.717) is 19.4 Å². The summed E-state index contributed by atoms with van der Waals surface area (Å²) >= 11 is 0. The largest absolute Gasteiger partial charge is 0.466 e. The summed E-state index contributed by atoms with van der Waals surface area (Å²) in [6.45, 7) is 3.26. The highest BCUT2D eigenvalue weighted by atomic mass is 16.5. The lowest BCUT2D eigenvalue weighted by molar-refractivity contribution is -0.135. The molecule has 1 saturated heterocycles. The molecule has 1 aliphatic heterocycles.